The molecular weight excluding hydrogens is 298 g/mol. The van der Waals surface area contributed by atoms with Gasteiger partial charge in [0.05, 0.1) is 6.61 Å². The Morgan fingerprint density at radius 2 is 2.00 bits per heavy atom. The number of nitrogens with zero attached hydrogens (tertiary/aromatic N) is 2. The molecule has 0 aliphatic heterocycles. The van der Waals surface area contributed by atoms with E-state index in [-0.39, 0.29) is 5.91 Å². The summed E-state index contributed by atoms with van der Waals surface area (Å²) in [6.45, 7) is 6.72. The number of hydrogen-bond acceptors (Lipinski definition) is 5. The number of ether oxygens (including phenoxy) is 1. The smallest absolute Gasteiger partial charge is 0.226 e. The zero-order chi connectivity index (χ0) is 15.9. The first-order valence-electron chi connectivity index (χ1n) is 7.43. The Bertz CT molecular complexity index is 608. The molecule has 22 heavy (non-hydrogen) atoms. The second-order valence-electron chi connectivity index (χ2n) is 5.23. The van der Waals surface area contributed by atoms with E-state index in [0.29, 0.717) is 30.5 Å². The predicted molar refractivity (Wildman–Crippen MR) is 88.6 cm³/mol. The lowest BCUT2D eigenvalue weighted by atomic mass is 10.1. The Morgan fingerprint density at radius 1 is 1.27 bits per heavy atom. The molecule has 1 amide bonds. The van der Waals surface area contributed by atoms with E-state index < -0.39 is 0 Å². The molecule has 118 valence electrons. The quantitative estimate of drug-likeness (QED) is 0.846. The van der Waals surface area contributed by atoms with Crippen molar-refractivity contribution in [3.63, 3.8) is 0 Å². The number of aromatic nitrogens is 2. The van der Waals surface area contributed by atoms with Crippen molar-refractivity contribution in [1.82, 2.24) is 10.2 Å². The normalized spacial score (nSPS) is 10.7. The lowest BCUT2D eigenvalue weighted by molar-refractivity contribution is -0.116. The Kier molecular flexibility index (Phi) is 5.89. The van der Waals surface area contributed by atoms with Crippen LogP contribution in [-0.2, 0) is 11.2 Å². The number of rotatable bonds is 7. The zero-order valence-corrected chi connectivity index (χ0v) is 13.9. The van der Waals surface area contributed by atoms with E-state index in [0.717, 1.165) is 16.3 Å². The molecule has 0 atom stereocenters. The van der Waals surface area contributed by atoms with Crippen LogP contribution in [0.5, 0.6) is 5.75 Å². The molecule has 2 aromatic rings. The van der Waals surface area contributed by atoms with Crippen molar-refractivity contribution in [2.75, 3.05) is 11.9 Å². The van der Waals surface area contributed by atoms with Crippen LogP contribution in [0.3, 0.4) is 0 Å². The van der Waals surface area contributed by atoms with Crippen LogP contribution >= 0.6 is 11.3 Å². The van der Waals surface area contributed by atoms with Gasteiger partial charge in [0.25, 0.3) is 0 Å². The molecule has 0 aliphatic rings. The van der Waals surface area contributed by atoms with E-state index in [9.17, 15) is 4.79 Å². The van der Waals surface area contributed by atoms with Gasteiger partial charge in [0.1, 0.15) is 10.8 Å². The lowest BCUT2D eigenvalue weighted by Crippen LogP contribution is -2.12. The number of benzene rings is 1. The predicted octanol–water partition coefficient (Wildman–Crippen LogP) is 3.63. The van der Waals surface area contributed by atoms with Gasteiger partial charge in [0, 0.05) is 12.3 Å². The molecule has 0 bridgehead atoms. The van der Waals surface area contributed by atoms with E-state index >= 15 is 0 Å². The van der Waals surface area contributed by atoms with Crippen molar-refractivity contribution in [2.45, 2.75) is 39.5 Å². The minimum absolute atomic E-state index is 0.0414. The summed E-state index contributed by atoms with van der Waals surface area (Å²) in [5.74, 6) is 1.14. The van der Waals surface area contributed by atoms with Gasteiger partial charge in [-0.1, -0.05) is 37.3 Å². The van der Waals surface area contributed by atoms with Crippen molar-refractivity contribution in [1.29, 1.82) is 0 Å². The highest BCUT2D eigenvalue weighted by atomic mass is 32.1. The van der Waals surface area contributed by atoms with Crippen molar-refractivity contribution >= 4 is 22.4 Å². The molecule has 2 rings (SSSR count). The second-order valence-corrected chi connectivity index (χ2v) is 6.23. The van der Waals surface area contributed by atoms with Crippen molar-refractivity contribution in [3.8, 4) is 5.75 Å². The number of amides is 1. The average molecular weight is 319 g/mol. The molecule has 0 spiro atoms. The van der Waals surface area contributed by atoms with E-state index in [1.165, 1.54) is 11.3 Å². The fourth-order valence-electron chi connectivity index (χ4n) is 1.88. The topological polar surface area (TPSA) is 64.1 Å². The highest BCUT2D eigenvalue weighted by Crippen LogP contribution is 2.22. The van der Waals surface area contributed by atoms with Crippen LogP contribution in [0, 0.1) is 0 Å². The lowest BCUT2D eigenvalue weighted by Gasteiger charge is -2.05. The third kappa shape index (κ3) is 4.80. The van der Waals surface area contributed by atoms with Gasteiger partial charge in [0.15, 0.2) is 0 Å². The number of nitrogens with one attached hydrogen (secondary N) is 1. The first-order valence-corrected chi connectivity index (χ1v) is 8.25. The molecule has 0 radical (unpaired) electrons. The first-order chi connectivity index (χ1) is 10.6. The fraction of sp³-hybridized carbons (Fsp3) is 0.438. The molecule has 1 N–H and O–H groups in total. The van der Waals surface area contributed by atoms with Crippen LogP contribution in [0.4, 0.5) is 5.13 Å². The van der Waals surface area contributed by atoms with Gasteiger partial charge in [0.2, 0.25) is 11.0 Å². The maximum Gasteiger partial charge on any atom is 0.226 e. The summed E-state index contributed by atoms with van der Waals surface area (Å²) >= 11 is 1.43. The minimum atomic E-state index is -0.0414. The molecule has 0 saturated heterocycles. The standard InChI is InChI=1S/C16H21N3O2S/c1-4-21-13-8-5-12(6-9-13)7-10-14(20)17-16-19-18-15(22-16)11(2)3/h5-6,8-9,11H,4,7,10H2,1-3H3,(H,17,19,20). The average Bonchev–Trinajstić information content (AvgIpc) is 2.95. The van der Waals surface area contributed by atoms with Crippen molar-refractivity contribution in [2.24, 2.45) is 0 Å². The largest absolute Gasteiger partial charge is 0.494 e. The molecule has 0 unspecified atom stereocenters. The molecule has 1 heterocycles. The molecule has 0 fully saturated rings. The highest BCUT2D eigenvalue weighted by Gasteiger charge is 2.10. The summed E-state index contributed by atoms with van der Waals surface area (Å²) in [5.41, 5.74) is 1.11. The summed E-state index contributed by atoms with van der Waals surface area (Å²) in [6.07, 6.45) is 1.11. The van der Waals surface area contributed by atoms with Crippen LogP contribution in [0.2, 0.25) is 0 Å². The summed E-state index contributed by atoms with van der Waals surface area (Å²) in [6, 6.07) is 7.83. The first kappa shape index (κ1) is 16.4. The van der Waals surface area contributed by atoms with E-state index in [2.05, 4.69) is 29.4 Å². The van der Waals surface area contributed by atoms with Gasteiger partial charge in [-0.05, 0) is 31.0 Å². The van der Waals surface area contributed by atoms with Crippen LogP contribution in [0.15, 0.2) is 24.3 Å². The Balaban J connectivity index is 1.81. The maximum atomic E-state index is 11.9. The minimum Gasteiger partial charge on any atom is -0.494 e. The Morgan fingerprint density at radius 3 is 2.59 bits per heavy atom. The van der Waals surface area contributed by atoms with E-state index in [4.69, 9.17) is 4.74 Å². The third-order valence-electron chi connectivity index (χ3n) is 3.06. The van der Waals surface area contributed by atoms with E-state index in [1.54, 1.807) is 0 Å². The van der Waals surface area contributed by atoms with Crippen LogP contribution in [0.25, 0.3) is 0 Å². The van der Waals surface area contributed by atoms with Crippen LogP contribution < -0.4 is 10.1 Å². The van der Waals surface area contributed by atoms with Gasteiger partial charge < -0.3 is 10.1 Å². The maximum absolute atomic E-state index is 11.9. The molecule has 1 aromatic heterocycles. The van der Waals surface area contributed by atoms with Crippen LogP contribution in [-0.4, -0.2) is 22.7 Å². The SMILES string of the molecule is CCOc1ccc(CCC(=O)Nc2nnc(C(C)C)s2)cc1. The molecule has 6 heteroatoms. The Hall–Kier alpha value is -1.95. The number of carbonyl (C=O) groups excluding carboxylic acids is 1. The number of aryl methyl sites for hydroxylation is 1. The summed E-state index contributed by atoms with van der Waals surface area (Å²) in [5, 5.41) is 12.3. The van der Waals surface area contributed by atoms with Gasteiger partial charge in [-0.2, -0.15) is 0 Å². The zero-order valence-electron chi connectivity index (χ0n) is 13.1. The van der Waals surface area contributed by atoms with E-state index in [1.807, 2.05) is 31.2 Å². The van der Waals surface area contributed by atoms with Gasteiger partial charge in [-0.15, -0.1) is 10.2 Å². The van der Waals surface area contributed by atoms with Crippen LogP contribution in [0.1, 0.15) is 43.7 Å². The monoisotopic (exact) mass is 319 g/mol. The summed E-state index contributed by atoms with van der Waals surface area (Å²) in [4.78, 5) is 11.9. The van der Waals surface area contributed by atoms with Gasteiger partial charge in [-0.25, -0.2) is 0 Å². The highest BCUT2D eigenvalue weighted by molar-refractivity contribution is 7.15. The fourth-order valence-corrected chi connectivity index (χ4v) is 2.64. The summed E-state index contributed by atoms with van der Waals surface area (Å²) < 4.78 is 5.39. The second kappa shape index (κ2) is 7.89. The molecule has 0 aliphatic carbocycles. The third-order valence-corrected chi connectivity index (χ3v) is 4.20. The molecule has 5 nitrogen and oxygen atoms in total. The molecular formula is C16H21N3O2S. The number of hydrogen-bond donors (Lipinski definition) is 1. The number of carbonyl (C=O) groups is 1. The van der Waals surface area contributed by atoms with Gasteiger partial charge in [-0.3, -0.25) is 4.79 Å². The van der Waals surface area contributed by atoms with Crippen molar-refractivity contribution in [3.05, 3.63) is 34.8 Å². The molecule has 1 aromatic carbocycles. The summed E-state index contributed by atoms with van der Waals surface area (Å²) in [7, 11) is 0. The Labute approximate surface area is 134 Å². The number of anilines is 1. The van der Waals surface area contributed by atoms with Gasteiger partial charge >= 0.3 is 0 Å². The van der Waals surface area contributed by atoms with Crippen molar-refractivity contribution < 1.29 is 9.53 Å². The molecule has 0 saturated carbocycles.